The molecule has 0 aromatic heterocycles. The number of carbonyl (C=O) groups is 3. The highest BCUT2D eigenvalue weighted by Gasteiger charge is 2.70. The molecule has 48 heavy (non-hydrogen) atoms. The average Bonchev–Trinajstić information content (AvgIpc) is 3.01. The number of hydrogen-bond donors (Lipinski definition) is 0. The number of fused-ring (bicyclic) bond motifs is 7. The molecule has 0 aromatic rings. The molecular weight excluding hydrogens is 604 g/mol. The summed E-state index contributed by atoms with van der Waals surface area (Å²) in [4.78, 5) is 39.1. The Kier molecular flexibility index (Phi) is 9.40. The third kappa shape index (κ3) is 5.54. The quantitative estimate of drug-likeness (QED) is 0.125. The summed E-state index contributed by atoms with van der Waals surface area (Å²) in [6, 6.07) is 0. The highest BCUT2D eigenvalue weighted by atomic mass is 16.8. The Bertz CT molecular complexity index is 1300. The van der Waals surface area contributed by atoms with Crippen molar-refractivity contribution in [2.45, 2.75) is 171 Å². The molecule has 0 N–H and O–H groups in total. The highest BCUT2D eigenvalue weighted by Crippen LogP contribution is 2.76. The van der Waals surface area contributed by atoms with Crippen molar-refractivity contribution in [3.63, 3.8) is 0 Å². The van der Waals surface area contributed by atoms with E-state index >= 15 is 0 Å². The molecule has 7 nitrogen and oxygen atoms in total. The lowest BCUT2D eigenvalue weighted by Gasteiger charge is -2.71. The maximum Gasteiger partial charge on any atom is 0.511 e. The van der Waals surface area contributed by atoms with Crippen molar-refractivity contribution in [3.8, 4) is 0 Å². The molecule has 7 heteroatoms. The lowest BCUT2D eigenvalue weighted by molar-refractivity contribution is -0.217. The highest BCUT2D eigenvalue weighted by molar-refractivity contribution is 5.79. The van der Waals surface area contributed by atoms with Crippen LogP contribution in [0.25, 0.3) is 0 Å². The van der Waals surface area contributed by atoms with Gasteiger partial charge in [0.25, 0.3) is 0 Å². The van der Waals surface area contributed by atoms with E-state index in [9.17, 15) is 14.4 Å². The van der Waals surface area contributed by atoms with E-state index in [1.807, 2.05) is 0 Å². The molecule has 270 valence electrons. The normalized spacial score (nSPS) is 44.3. The van der Waals surface area contributed by atoms with Crippen molar-refractivity contribution in [1.29, 1.82) is 0 Å². The van der Waals surface area contributed by atoms with Gasteiger partial charge in [-0.2, -0.15) is 0 Å². The minimum atomic E-state index is -0.991. The summed E-state index contributed by atoms with van der Waals surface area (Å²) in [7, 11) is 0. The van der Waals surface area contributed by atoms with Crippen molar-refractivity contribution in [3.05, 3.63) is 11.6 Å². The van der Waals surface area contributed by atoms with Crippen LogP contribution in [-0.2, 0) is 28.5 Å². The van der Waals surface area contributed by atoms with Crippen molar-refractivity contribution < 1.29 is 33.3 Å². The van der Waals surface area contributed by atoms with Crippen LogP contribution < -0.4 is 0 Å². The fourth-order valence-corrected chi connectivity index (χ4v) is 13.0. The monoisotopic (exact) mass is 668 g/mol. The lowest BCUT2D eigenvalue weighted by Crippen LogP contribution is -2.65. The van der Waals surface area contributed by atoms with E-state index in [1.54, 1.807) is 13.8 Å². The maximum absolute atomic E-state index is 14.4. The van der Waals surface area contributed by atoms with Crippen LogP contribution in [0.5, 0.6) is 0 Å². The number of esters is 2. The molecular formula is C41H64O7. The molecule has 0 bridgehead atoms. The van der Waals surface area contributed by atoms with Crippen LogP contribution in [-0.4, -0.2) is 36.6 Å². The predicted molar refractivity (Wildman–Crippen MR) is 185 cm³/mol. The fourth-order valence-electron chi connectivity index (χ4n) is 13.0. The first-order valence-electron chi connectivity index (χ1n) is 19.5. The predicted octanol–water partition coefficient (Wildman–Crippen LogP) is 9.95. The largest absolute Gasteiger partial charge is 0.511 e. The van der Waals surface area contributed by atoms with Gasteiger partial charge in [0.2, 0.25) is 6.29 Å². The first-order valence-corrected chi connectivity index (χ1v) is 19.5. The fraction of sp³-hybridized carbons (Fsp3) is 0.878. The van der Waals surface area contributed by atoms with Gasteiger partial charge in [0.1, 0.15) is 12.2 Å². The zero-order chi connectivity index (χ0) is 34.9. The molecule has 0 heterocycles. The van der Waals surface area contributed by atoms with Crippen LogP contribution in [0.4, 0.5) is 4.79 Å². The Balaban J connectivity index is 1.26. The minimum absolute atomic E-state index is 0.0214. The molecule has 0 aliphatic heterocycles. The second-order valence-electron chi connectivity index (χ2n) is 18.5. The molecule has 2 unspecified atom stereocenters. The van der Waals surface area contributed by atoms with Gasteiger partial charge in [-0.15, -0.1) is 0 Å². The Morgan fingerprint density at radius 1 is 0.792 bits per heavy atom. The molecule has 6 rings (SSSR count). The van der Waals surface area contributed by atoms with E-state index in [2.05, 4.69) is 54.5 Å². The maximum atomic E-state index is 14.4. The Labute approximate surface area is 290 Å². The van der Waals surface area contributed by atoms with Gasteiger partial charge in [-0.25, -0.2) is 4.79 Å². The van der Waals surface area contributed by atoms with E-state index in [4.69, 9.17) is 18.9 Å². The molecule has 5 fully saturated rings. The van der Waals surface area contributed by atoms with Gasteiger partial charge < -0.3 is 18.9 Å². The lowest BCUT2D eigenvalue weighted by atomic mass is 9.33. The third-order valence-electron chi connectivity index (χ3n) is 16.0. The van der Waals surface area contributed by atoms with E-state index in [0.29, 0.717) is 23.7 Å². The number of ether oxygens (including phenoxy) is 4. The second kappa shape index (κ2) is 12.6. The molecule has 6 aliphatic carbocycles. The first-order chi connectivity index (χ1) is 22.5. The van der Waals surface area contributed by atoms with Gasteiger partial charge in [0, 0.05) is 19.3 Å². The average molecular weight is 669 g/mol. The smallest absolute Gasteiger partial charge is 0.462 e. The van der Waals surface area contributed by atoms with Crippen molar-refractivity contribution in [1.82, 2.24) is 0 Å². The minimum Gasteiger partial charge on any atom is -0.462 e. The van der Waals surface area contributed by atoms with Gasteiger partial charge >= 0.3 is 18.1 Å². The summed E-state index contributed by atoms with van der Waals surface area (Å²) in [5.41, 5.74) is 1.02. The summed E-state index contributed by atoms with van der Waals surface area (Å²) in [6.45, 7) is 20.2. The van der Waals surface area contributed by atoms with Gasteiger partial charge in [0.05, 0.1) is 5.41 Å². The van der Waals surface area contributed by atoms with Gasteiger partial charge in [-0.3, -0.25) is 9.59 Å². The molecule has 5 saturated carbocycles. The Morgan fingerprint density at radius 2 is 1.50 bits per heavy atom. The van der Waals surface area contributed by atoms with Gasteiger partial charge in [0.15, 0.2) is 0 Å². The van der Waals surface area contributed by atoms with Crippen LogP contribution in [0.1, 0.15) is 152 Å². The summed E-state index contributed by atoms with van der Waals surface area (Å²) in [5, 5.41) is 0. The Hall–Kier alpha value is -2.05. The van der Waals surface area contributed by atoms with Crippen molar-refractivity contribution >= 4 is 18.1 Å². The zero-order valence-corrected chi connectivity index (χ0v) is 31.5. The Morgan fingerprint density at radius 3 is 2.19 bits per heavy atom. The first kappa shape index (κ1) is 35.8. The van der Waals surface area contributed by atoms with Crippen molar-refractivity contribution in [2.24, 2.45) is 56.7 Å². The second-order valence-corrected chi connectivity index (χ2v) is 18.5. The van der Waals surface area contributed by atoms with E-state index in [-0.39, 0.29) is 51.7 Å². The summed E-state index contributed by atoms with van der Waals surface area (Å²) < 4.78 is 23.1. The van der Waals surface area contributed by atoms with Crippen LogP contribution >= 0.6 is 0 Å². The summed E-state index contributed by atoms with van der Waals surface area (Å²) in [6.07, 6.45) is 14.6. The van der Waals surface area contributed by atoms with E-state index < -0.39 is 17.9 Å². The van der Waals surface area contributed by atoms with Gasteiger partial charge in [-0.05, 0) is 129 Å². The number of allylic oxidation sites excluding steroid dienone is 2. The molecule has 0 radical (unpaired) electrons. The number of hydrogen-bond acceptors (Lipinski definition) is 7. The van der Waals surface area contributed by atoms with Crippen LogP contribution in [0.15, 0.2) is 11.6 Å². The van der Waals surface area contributed by atoms with Crippen LogP contribution in [0.2, 0.25) is 0 Å². The van der Waals surface area contributed by atoms with E-state index in [0.717, 1.165) is 83.5 Å². The summed E-state index contributed by atoms with van der Waals surface area (Å²) in [5.74, 6) is 1.58. The molecule has 0 saturated heterocycles. The third-order valence-corrected chi connectivity index (χ3v) is 16.0. The standard InChI is InChI=1S/C41H64O7/c1-25-17-22-41(35(43)46-28(4)47-36(44)48-29-13-11-10-12-14-29)24-23-39(8)30(34(41)26(25)2)15-16-32-38(7)20-19-33(45-27(3)42)37(5,6)31(38)18-21-40(32,39)9/h15,25-26,28-29,31-34H,10-14,16-24H2,1-9H3/t25-,26+,28?,31?,32-,33+,34+,38+,39-,40-,41+/m1/s1. The SMILES string of the molecule is CC(=O)O[C@H]1CC[C@@]2(C)C(CC[C@]3(C)[C@@H]2CC=C2[C@@H]4[C@@H](C)[C@H](C)CC[C@]4(C(=O)OC(C)OC(=O)OC4CCCCC4)CC[C@]23C)C1(C)C. The molecule has 6 aliphatic rings. The summed E-state index contributed by atoms with van der Waals surface area (Å²) >= 11 is 0. The van der Waals surface area contributed by atoms with Crippen LogP contribution in [0.3, 0.4) is 0 Å². The topological polar surface area (TPSA) is 88.1 Å². The van der Waals surface area contributed by atoms with Crippen molar-refractivity contribution in [2.75, 3.05) is 0 Å². The van der Waals surface area contributed by atoms with E-state index in [1.165, 1.54) is 12.0 Å². The number of rotatable bonds is 5. The van der Waals surface area contributed by atoms with Gasteiger partial charge in [-0.1, -0.05) is 66.5 Å². The molecule has 0 aromatic carbocycles. The molecule has 11 atom stereocenters. The zero-order valence-electron chi connectivity index (χ0n) is 31.5. The number of carbonyl (C=O) groups excluding carboxylic acids is 3. The van der Waals surface area contributed by atoms with Crippen LogP contribution in [0, 0.1) is 56.7 Å². The molecule has 0 spiro atoms. The molecule has 0 amide bonds.